The van der Waals surface area contributed by atoms with E-state index in [1.807, 2.05) is 6.92 Å². The van der Waals surface area contributed by atoms with E-state index < -0.39 is 0 Å². The Morgan fingerprint density at radius 3 is 2.39 bits per heavy atom. The van der Waals surface area contributed by atoms with Crippen LogP contribution in [-0.2, 0) is 6.42 Å². The fraction of sp³-hybridized carbons (Fsp3) is 0.647. The highest BCUT2D eigenvalue weighted by atomic mass is 35.5. The zero-order valence-electron chi connectivity index (χ0n) is 14.2. The van der Waals surface area contributed by atoms with E-state index in [2.05, 4.69) is 17.2 Å². The van der Waals surface area contributed by atoms with Crippen LogP contribution >= 0.6 is 12.4 Å². The first kappa shape index (κ1) is 19.7. The van der Waals surface area contributed by atoms with E-state index in [9.17, 15) is 9.59 Å². The molecule has 1 aliphatic carbocycles. The molecule has 1 aliphatic rings. The lowest BCUT2D eigenvalue weighted by molar-refractivity contribution is 0.0920. The molecule has 0 saturated heterocycles. The van der Waals surface area contributed by atoms with E-state index in [0.717, 1.165) is 49.8 Å². The summed E-state index contributed by atoms with van der Waals surface area (Å²) in [5.74, 6) is -0.0839. The summed E-state index contributed by atoms with van der Waals surface area (Å²) in [5, 5.41) is 3.10. The van der Waals surface area contributed by atoms with Crippen molar-refractivity contribution in [1.82, 2.24) is 10.3 Å². The first-order valence-electron chi connectivity index (χ1n) is 8.22. The molecular formula is C17H28ClN3O2. The molecule has 2 rings (SSSR count). The Morgan fingerprint density at radius 2 is 1.87 bits per heavy atom. The van der Waals surface area contributed by atoms with Crippen molar-refractivity contribution < 1.29 is 9.59 Å². The smallest absolute Gasteiger partial charge is 0.268 e. The molecule has 1 aromatic heterocycles. The number of nitrogens with two attached hydrogens (primary N) is 1. The fourth-order valence-corrected chi connectivity index (χ4v) is 3.37. The molecular weight excluding hydrogens is 314 g/mol. The first-order chi connectivity index (χ1) is 10.4. The number of carbonyl (C=O) groups is 2. The quantitative estimate of drug-likeness (QED) is 0.719. The second-order valence-electron chi connectivity index (χ2n) is 6.37. The number of amides is 1. The van der Waals surface area contributed by atoms with Gasteiger partial charge in [-0.2, -0.15) is 0 Å². The minimum absolute atomic E-state index is 0. The number of halogens is 1. The molecule has 1 saturated carbocycles. The standard InChI is InChI=1S/C17H27N3O2.ClH/c1-4-5-14-15(11(3)21)10(2)19-16(14)17(22)20-13-8-6-12(18)7-9-13;/h12-13,19H,4-9,18H2,1-3H3,(H,20,22);1H. The molecule has 1 heterocycles. The number of H-pyrrole nitrogens is 1. The highest BCUT2D eigenvalue weighted by Crippen LogP contribution is 2.23. The van der Waals surface area contributed by atoms with E-state index in [1.54, 1.807) is 6.92 Å². The third kappa shape index (κ3) is 4.58. The SMILES string of the molecule is CCCc1c(C(=O)NC2CCC(N)CC2)[nH]c(C)c1C(C)=O.Cl. The van der Waals surface area contributed by atoms with Gasteiger partial charge in [-0.1, -0.05) is 13.3 Å². The maximum atomic E-state index is 12.6. The fourth-order valence-electron chi connectivity index (χ4n) is 3.37. The van der Waals surface area contributed by atoms with Gasteiger partial charge in [0.05, 0.1) is 0 Å². The number of rotatable bonds is 5. The second kappa shape index (κ2) is 8.50. The summed E-state index contributed by atoms with van der Waals surface area (Å²) < 4.78 is 0. The van der Waals surface area contributed by atoms with Crippen LogP contribution in [0.15, 0.2) is 0 Å². The van der Waals surface area contributed by atoms with Gasteiger partial charge in [0.2, 0.25) is 0 Å². The zero-order chi connectivity index (χ0) is 16.3. The highest BCUT2D eigenvalue weighted by molar-refractivity contribution is 6.02. The molecule has 0 bridgehead atoms. The molecule has 4 N–H and O–H groups in total. The van der Waals surface area contributed by atoms with Gasteiger partial charge in [-0.05, 0) is 51.5 Å². The molecule has 23 heavy (non-hydrogen) atoms. The number of aromatic nitrogens is 1. The Balaban J connectivity index is 0.00000264. The maximum Gasteiger partial charge on any atom is 0.268 e. The number of nitrogens with one attached hydrogen (secondary N) is 2. The number of hydrogen-bond acceptors (Lipinski definition) is 3. The van der Waals surface area contributed by atoms with E-state index in [0.29, 0.717) is 11.3 Å². The van der Waals surface area contributed by atoms with Crippen LogP contribution in [0, 0.1) is 6.92 Å². The number of aromatic amines is 1. The van der Waals surface area contributed by atoms with Crippen LogP contribution in [0.2, 0.25) is 0 Å². The van der Waals surface area contributed by atoms with Crippen LogP contribution in [0.4, 0.5) is 0 Å². The van der Waals surface area contributed by atoms with E-state index in [1.165, 1.54) is 0 Å². The normalized spacial score (nSPS) is 20.7. The lowest BCUT2D eigenvalue weighted by Crippen LogP contribution is -2.40. The van der Waals surface area contributed by atoms with Gasteiger partial charge in [0.15, 0.2) is 5.78 Å². The van der Waals surface area contributed by atoms with Gasteiger partial charge in [-0.25, -0.2) is 0 Å². The number of aryl methyl sites for hydroxylation is 1. The molecule has 0 unspecified atom stereocenters. The number of Topliss-reactive ketones (excluding diaryl/α,β-unsaturated/α-hetero) is 1. The van der Waals surface area contributed by atoms with Crippen LogP contribution in [0.1, 0.15) is 78.1 Å². The molecule has 0 spiro atoms. The largest absolute Gasteiger partial charge is 0.354 e. The molecule has 0 aromatic carbocycles. The molecule has 0 aliphatic heterocycles. The molecule has 6 heteroatoms. The lowest BCUT2D eigenvalue weighted by atomic mass is 9.91. The minimum atomic E-state index is -0.0977. The van der Waals surface area contributed by atoms with Gasteiger partial charge >= 0.3 is 0 Å². The van der Waals surface area contributed by atoms with Crippen molar-refractivity contribution in [3.05, 3.63) is 22.5 Å². The summed E-state index contributed by atoms with van der Waals surface area (Å²) in [4.78, 5) is 27.6. The van der Waals surface area contributed by atoms with Crippen molar-refractivity contribution in [3.8, 4) is 0 Å². The number of ketones is 1. The Morgan fingerprint density at radius 1 is 1.26 bits per heavy atom. The van der Waals surface area contributed by atoms with Crippen LogP contribution in [-0.4, -0.2) is 28.8 Å². The van der Waals surface area contributed by atoms with Crippen molar-refractivity contribution in [2.24, 2.45) is 5.73 Å². The second-order valence-corrected chi connectivity index (χ2v) is 6.37. The van der Waals surface area contributed by atoms with Gasteiger partial charge in [0.25, 0.3) is 5.91 Å². The summed E-state index contributed by atoms with van der Waals surface area (Å²) in [6, 6.07) is 0.451. The van der Waals surface area contributed by atoms with E-state index in [4.69, 9.17) is 5.73 Å². The predicted molar refractivity (Wildman–Crippen MR) is 94.5 cm³/mol. The first-order valence-corrected chi connectivity index (χ1v) is 8.22. The van der Waals surface area contributed by atoms with Crippen LogP contribution in [0.25, 0.3) is 0 Å². The van der Waals surface area contributed by atoms with Crippen molar-refractivity contribution in [2.45, 2.75) is 71.4 Å². The Kier molecular flexibility index (Phi) is 7.29. The van der Waals surface area contributed by atoms with Gasteiger partial charge in [0, 0.05) is 23.3 Å². The molecule has 0 atom stereocenters. The van der Waals surface area contributed by atoms with Crippen molar-refractivity contribution >= 4 is 24.1 Å². The molecule has 1 aromatic rings. The molecule has 130 valence electrons. The Labute approximate surface area is 144 Å². The van der Waals surface area contributed by atoms with Gasteiger partial charge in [-0.3, -0.25) is 9.59 Å². The lowest BCUT2D eigenvalue weighted by Gasteiger charge is -2.26. The van der Waals surface area contributed by atoms with E-state index in [-0.39, 0.29) is 36.2 Å². The summed E-state index contributed by atoms with van der Waals surface area (Å²) in [7, 11) is 0. The van der Waals surface area contributed by atoms with E-state index >= 15 is 0 Å². The average Bonchev–Trinajstić information content (AvgIpc) is 2.79. The number of carbonyl (C=O) groups excluding carboxylic acids is 2. The monoisotopic (exact) mass is 341 g/mol. The summed E-state index contributed by atoms with van der Waals surface area (Å²) in [6.07, 6.45) is 5.39. The number of hydrogen-bond donors (Lipinski definition) is 3. The highest BCUT2D eigenvalue weighted by Gasteiger charge is 2.25. The topological polar surface area (TPSA) is 88.0 Å². The summed E-state index contributed by atoms with van der Waals surface area (Å²) in [5.41, 5.74) is 8.78. The molecule has 1 amide bonds. The van der Waals surface area contributed by atoms with Crippen LogP contribution in [0.5, 0.6) is 0 Å². The third-order valence-electron chi connectivity index (χ3n) is 4.48. The average molecular weight is 342 g/mol. The third-order valence-corrected chi connectivity index (χ3v) is 4.48. The van der Waals surface area contributed by atoms with Gasteiger partial charge in [0.1, 0.15) is 5.69 Å². The van der Waals surface area contributed by atoms with Crippen LogP contribution < -0.4 is 11.1 Å². The van der Waals surface area contributed by atoms with Crippen molar-refractivity contribution in [3.63, 3.8) is 0 Å². The predicted octanol–water partition coefficient (Wildman–Crippen LogP) is 2.90. The minimum Gasteiger partial charge on any atom is -0.354 e. The van der Waals surface area contributed by atoms with Crippen LogP contribution in [0.3, 0.4) is 0 Å². The maximum absolute atomic E-state index is 12.6. The summed E-state index contributed by atoms with van der Waals surface area (Å²) >= 11 is 0. The van der Waals surface area contributed by atoms with Crippen molar-refractivity contribution in [1.29, 1.82) is 0 Å². The Hall–Kier alpha value is -1.33. The molecule has 0 radical (unpaired) electrons. The molecule has 1 fully saturated rings. The Bertz CT molecular complexity index is 560. The molecule has 5 nitrogen and oxygen atoms in total. The van der Waals surface area contributed by atoms with Gasteiger partial charge in [-0.15, -0.1) is 12.4 Å². The van der Waals surface area contributed by atoms with Crippen molar-refractivity contribution in [2.75, 3.05) is 0 Å². The zero-order valence-corrected chi connectivity index (χ0v) is 15.0. The summed E-state index contributed by atoms with van der Waals surface area (Å²) in [6.45, 7) is 5.46. The van der Waals surface area contributed by atoms with Gasteiger partial charge < -0.3 is 16.0 Å².